The molecule has 4 aromatic rings. The molecule has 0 fully saturated rings. The molecule has 2 aromatic heterocycles. The minimum absolute atomic E-state index is 0. The first-order valence-electron chi connectivity index (χ1n) is 9.70. The molecule has 0 spiro atoms. The summed E-state index contributed by atoms with van der Waals surface area (Å²) in [6.45, 7) is 4.25. The average Bonchev–Trinajstić information content (AvgIpc) is 3.20. The van der Waals surface area contributed by atoms with Crippen LogP contribution < -0.4 is 11.1 Å². The van der Waals surface area contributed by atoms with Crippen molar-refractivity contribution >= 4 is 34.9 Å². The van der Waals surface area contributed by atoms with Gasteiger partial charge in [-0.25, -0.2) is 9.50 Å². The molecule has 156 valence electrons. The lowest BCUT2D eigenvalue weighted by atomic mass is 10.0. The molecule has 0 saturated carbocycles. The Balaban J connectivity index is 0.00000256. The molecule has 0 aliphatic carbocycles. The predicted octanol–water partition coefficient (Wildman–Crippen LogP) is 3.06. The molecular weight excluding hydrogens is 400 g/mol. The van der Waals surface area contributed by atoms with Gasteiger partial charge in [0, 0.05) is 24.4 Å². The number of carbonyl (C=O) groups excluding carboxylic acids is 1. The van der Waals surface area contributed by atoms with Crippen molar-refractivity contribution in [2.24, 2.45) is 5.73 Å². The fraction of sp³-hybridized carbons (Fsp3) is 0.273. The summed E-state index contributed by atoms with van der Waals surface area (Å²) in [6, 6.07) is 14.1. The van der Waals surface area contributed by atoms with E-state index >= 15 is 0 Å². The van der Waals surface area contributed by atoms with E-state index in [4.69, 9.17) is 5.73 Å². The highest BCUT2D eigenvalue weighted by Gasteiger charge is 2.16. The van der Waals surface area contributed by atoms with Crippen molar-refractivity contribution in [2.45, 2.75) is 32.7 Å². The van der Waals surface area contributed by atoms with Gasteiger partial charge in [-0.1, -0.05) is 36.4 Å². The van der Waals surface area contributed by atoms with Crippen LogP contribution in [-0.2, 0) is 11.2 Å². The first-order chi connectivity index (χ1) is 14.1. The van der Waals surface area contributed by atoms with Crippen molar-refractivity contribution in [1.82, 2.24) is 24.9 Å². The number of halogens is 1. The summed E-state index contributed by atoms with van der Waals surface area (Å²) in [7, 11) is 0. The van der Waals surface area contributed by atoms with E-state index in [0.29, 0.717) is 25.2 Å². The van der Waals surface area contributed by atoms with Crippen LogP contribution in [-0.4, -0.2) is 32.0 Å². The van der Waals surface area contributed by atoms with E-state index in [1.807, 2.05) is 32.0 Å². The Bertz CT molecular complexity index is 1190. The lowest BCUT2D eigenvalue weighted by Gasteiger charge is -2.18. The van der Waals surface area contributed by atoms with Crippen LogP contribution in [0.5, 0.6) is 0 Å². The number of fused-ring (bicyclic) bond motifs is 2. The molecule has 0 radical (unpaired) electrons. The van der Waals surface area contributed by atoms with Crippen LogP contribution in [0.4, 0.5) is 0 Å². The quantitative estimate of drug-likeness (QED) is 0.495. The molecule has 2 aromatic carbocycles. The van der Waals surface area contributed by atoms with Crippen LogP contribution in [0.2, 0.25) is 0 Å². The number of hydrogen-bond donors (Lipinski definition) is 2. The zero-order valence-corrected chi connectivity index (χ0v) is 17.8. The van der Waals surface area contributed by atoms with Crippen LogP contribution in [0, 0.1) is 13.8 Å². The highest BCUT2D eigenvalue weighted by molar-refractivity contribution is 5.85. The minimum atomic E-state index is -0.217. The molecule has 2 heterocycles. The van der Waals surface area contributed by atoms with E-state index in [1.54, 1.807) is 4.52 Å². The van der Waals surface area contributed by atoms with E-state index in [2.05, 4.69) is 44.6 Å². The number of aromatic nitrogens is 4. The Morgan fingerprint density at radius 3 is 2.70 bits per heavy atom. The summed E-state index contributed by atoms with van der Waals surface area (Å²) >= 11 is 0. The fourth-order valence-corrected chi connectivity index (χ4v) is 3.73. The van der Waals surface area contributed by atoms with E-state index in [0.717, 1.165) is 27.9 Å². The lowest BCUT2D eigenvalue weighted by Crippen LogP contribution is -2.33. The smallest absolute Gasteiger partial charge is 0.252 e. The molecule has 0 bridgehead atoms. The van der Waals surface area contributed by atoms with Gasteiger partial charge in [0.2, 0.25) is 5.91 Å². The third-order valence-electron chi connectivity index (χ3n) is 5.34. The topological polar surface area (TPSA) is 98.2 Å². The summed E-state index contributed by atoms with van der Waals surface area (Å²) in [6.07, 6.45) is 2.43. The number of aryl methyl sites for hydroxylation is 2. The maximum atomic E-state index is 12.6. The van der Waals surface area contributed by atoms with Crippen LogP contribution in [0.25, 0.3) is 16.6 Å². The Labute approximate surface area is 181 Å². The number of rotatable bonds is 6. The van der Waals surface area contributed by atoms with E-state index < -0.39 is 0 Å². The van der Waals surface area contributed by atoms with E-state index in [1.165, 1.54) is 11.7 Å². The van der Waals surface area contributed by atoms with Gasteiger partial charge in [0.05, 0.1) is 6.04 Å². The van der Waals surface area contributed by atoms with Crippen molar-refractivity contribution in [3.05, 3.63) is 71.3 Å². The number of nitrogens with two attached hydrogens (primary N) is 1. The van der Waals surface area contributed by atoms with Gasteiger partial charge in [0.1, 0.15) is 6.33 Å². The zero-order chi connectivity index (χ0) is 20.4. The maximum Gasteiger partial charge on any atom is 0.252 e. The molecule has 8 heteroatoms. The second-order valence-corrected chi connectivity index (χ2v) is 7.20. The first kappa shape index (κ1) is 21.7. The van der Waals surface area contributed by atoms with Gasteiger partial charge in [-0.05, 0) is 48.2 Å². The SMILES string of the molecule is Cc1nc2ncnn2c(C)c1CCC(=O)NC(CN)c1ccc2ccccc2c1.Cl. The molecule has 1 unspecified atom stereocenters. The zero-order valence-electron chi connectivity index (χ0n) is 17.0. The Hall–Kier alpha value is -3.03. The number of hydrogen-bond acceptors (Lipinski definition) is 5. The molecule has 0 aliphatic rings. The third-order valence-corrected chi connectivity index (χ3v) is 5.34. The molecule has 1 amide bonds. The van der Waals surface area contributed by atoms with Crippen LogP contribution in [0.3, 0.4) is 0 Å². The largest absolute Gasteiger partial charge is 0.348 e. The highest BCUT2D eigenvalue weighted by atomic mass is 35.5. The third kappa shape index (κ3) is 4.27. The van der Waals surface area contributed by atoms with Gasteiger partial charge < -0.3 is 11.1 Å². The Morgan fingerprint density at radius 2 is 1.93 bits per heavy atom. The summed E-state index contributed by atoms with van der Waals surface area (Å²) in [4.78, 5) is 21.2. The van der Waals surface area contributed by atoms with Crippen LogP contribution in [0.1, 0.15) is 35.0 Å². The summed E-state index contributed by atoms with van der Waals surface area (Å²) in [5, 5.41) is 9.57. The maximum absolute atomic E-state index is 12.6. The van der Waals surface area contributed by atoms with E-state index in [9.17, 15) is 4.79 Å². The van der Waals surface area contributed by atoms with Crippen LogP contribution in [0.15, 0.2) is 48.8 Å². The molecule has 0 aliphatic heterocycles. The van der Waals surface area contributed by atoms with Crippen molar-refractivity contribution in [3.63, 3.8) is 0 Å². The highest BCUT2D eigenvalue weighted by Crippen LogP contribution is 2.21. The normalized spacial score (nSPS) is 12.0. The van der Waals surface area contributed by atoms with Gasteiger partial charge in [-0.3, -0.25) is 4.79 Å². The second-order valence-electron chi connectivity index (χ2n) is 7.20. The standard InChI is InChI=1S/C22H24N6O.ClH/c1-14-19(15(2)28-22(26-14)24-13-25-28)9-10-21(29)27-20(12-23)18-8-7-16-5-3-4-6-17(16)11-18;/h3-8,11,13,20H,9-10,12,23H2,1-2H3,(H,27,29);1H. The number of nitrogens with zero attached hydrogens (tertiary/aromatic N) is 4. The van der Waals surface area contributed by atoms with Gasteiger partial charge in [0.25, 0.3) is 5.78 Å². The summed E-state index contributed by atoms with van der Waals surface area (Å²) in [5.41, 5.74) is 9.83. The molecule has 7 nitrogen and oxygen atoms in total. The first-order valence-corrected chi connectivity index (χ1v) is 9.70. The van der Waals surface area contributed by atoms with Crippen molar-refractivity contribution in [3.8, 4) is 0 Å². The second kappa shape index (κ2) is 9.19. The van der Waals surface area contributed by atoms with Crippen LogP contribution >= 0.6 is 12.4 Å². The molecular formula is C22H25ClN6O. The number of nitrogens with one attached hydrogen (secondary N) is 1. The molecule has 3 N–H and O–H groups in total. The predicted molar refractivity (Wildman–Crippen MR) is 120 cm³/mol. The average molecular weight is 425 g/mol. The van der Waals surface area contributed by atoms with Crippen molar-refractivity contribution in [2.75, 3.05) is 6.54 Å². The van der Waals surface area contributed by atoms with Gasteiger partial charge >= 0.3 is 0 Å². The number of amides is 1. The van der Waals surface area contributed by atoms with Gasteiger partial charge in [-0.2, -0.15) is 10.1 Å². The van der Waals surface area contributed by atoms with Gasteiger partial charge in [-0.15, -0.1) is 12.4 Å². The summed E-state index contributed by atoms with van der Waals surface area (Å²) in [5.74, 6) is 0.541. The fourth-order valence-electron chi connectivity index (χ4n) is 3.73. The van der Waals surface area contributed by atoms with E-state index in [-0.39, 0.29) is 24.4 Å². The van der Waals surface area contributed by atoms with Crippen molar-refractivity contribution in [1.29, 1.82) is 0 Å². The lowest BCUT2D eigenvalue weighted by molar-refractivity contribution is -0.121. The molecule has 4 rings (SSSR count). The van der Waals surface area contributed by atoms with Crippen molar-refractivity contribution < 1.29 is 4.79 Å². The minimum Gasteiger partial charge on any atom is -0.348 e. The Morgan fingerprint density at radius 1 is 1.17 bits per heavy atom. The Kier molecular flexibility index (Phi) is 6.64. The molecule has 30 heavy (non-hydrogen) atoms. The molecule has 0 saturated heterocycles. The number of benzene rings is 2. The monoisotopic (exact) mass is 424 g/mol. The summed E-state index contributed by atoms with van der Waals surface area (Å²) < 4.78 is 1.71. The van der Waals surface area contributed by atoms with Gasteiger partial charge in [0.15, 0.2) is 0 Å². The molecule has 1 atom stereocenters. The number of carbonyl (C=O) groups is 1.